The third kappa shape index (κ3) is 3.34. The van der Waals surface area contributed by atoms with E-state index in [-0.39, 0.29) is 17.6 Å². The first-order valence-corrected chi connectivity index (χ1v) is 8.92. The maximum absolute atomic E-state index is 13.7. The molecule has 2 aromatic heterocycles. The van der Waals surface area contributed by atoms with E-state index in [4.69, 9.17) is 4.52 Å². The summed E-state index contributed by atoms with van der Waals surface area (Å²) < 4.78 is 18.9. The number of nitrogens with one attached hydrogen (secondary N) is 1. The number of rotatable bonds is 3. The van der Waals surface area contributed by atoms with E-state index in [9.17, 15) is 9.18 Å². The Morgan fingerprint density at radius 1 is 1.33 bits per heavy atom. The molecule has 1 aromatic carbocycles. The molecule has 3 aromatic rings. The minimum Gasteiger partial charge on any atom is -0.355 e. The molecule has 1 amide bonds. The van der Waals surface area contributed by atoms with E-state index in [1.54, 1.807) is 19.1 Å². The van der Waals surface area contributed by atoms with Crippen LogP contribution in [0.15, 0.2) is 29.0 Å². The monoisotopic (exact) mass is 369 g/mol. The van der Waals surface area contributed by atoms with Gasteiger partial charge in [0.1, 0.15) is 23.3 Å². The Morgan fingerprint density at radius 2 is 2.19 bits per heavy atom. The lowest BCUT2D eigenvalue weighted by molar-refractivity contribution is -0.120. The number of nitrogens with zero attached hydrogens (tertiary/aromatic N) is 4. The van der Waals surface area contributed by atoms with E-state index < -0.39 is 0 Å². The Bertz CT molecular complexity index is 1000. The highest BCUT2D eigenvalue weighted by atomic mass is 19.1. The Balaban J connectivity index is 1.53. The van der Waals surface area contributed by atoms with Crippen molar-refractivity contribution >= 4 is 28.5 Å². The van der Waals surface area contributed by atoms with Gasteiger partial charge in [-0.05, 0) is 44.4 Å². The number of benzene rings is 1. The van der Waals surface area contributed by atoms with Gasteiger partial charge in [-0.25, -0.2) is 9.37 Å². The number of hydrogen-bond acceptors (Lipinski definition) is 6. The number of piperidine rings is 1. The van der Waals surface area contributed by atoms with Gasteiger partial charge >= 0.3 is 0 Å². The molecule has 0 bridgehead atoms. The van der Waals surface area contributed by atoms with Crippen LogP contribution >= 0.6 is 0 Å². The number of halogens is 1. The Morgan fingerprint density at radius 3 is 3.00 bits per heavy atom. The SMILES string of the molecule is Cc1ccc(NC(=O)C2CCCN(c3ncnc4onc(C)c34)C2)cc1F. The van der Waals surface area contributed by atoms with Crippen LogP contribution in [0.2, 0.25) is 0 Å². The molecule has 0 spiro atoms. The van der Waals surface area contributed by atoms with Crippen LogP contribution in [0.25, 0.3) is 11.1 Å². The molecule has 7 nitrogen and oxygen atoms in total. The number of anilines is 2. The van der Waals surface area contributed by atoms with E-state index in [1.165, 1.54) is 12.4 Å². The van der Waals surface area contributed by atoms with Crippen molar-refractivity contribution in [3.8, 4) is 0 Å². The van der Waals surface area contributed by atoms with Gasteiger partial charge in [0.2, 0.25) is 5.91 Å². The third-order valence-corrected chi connectivity index (χ3v) is 4.95. The van der Waals surface area contributed by atoms with Gasteiger partial charge < -0.3 is 14.7 Å². The summed E-state index contributed by atoms with van der Waals surface area (Å²) in [6, 6.07) is 4.72. The number of hydrogen-bond donors (Lipinski definition) is 1. The first kappa shape index (κ1) is 17.4. The zero-order valence-corrected chi connectivity index (χ0v) is 15.2. The molecule has 8 heteroatoms. The Hall–Kier alpha value is -3.03. The summed E-state index contributed by atoms with van der Waals surface area (Å²) in [5.41, 5.74) is 2.19. The smallest absolute Gasteiger partial charge is 0.263 e. The molecular formula is C19H20FN5O2. The highest BCUT2D eigenvalue weighted by molar-refractivity contribution is 5.93. The summed E-state index contributed by atoms with van der Waals surface area (Å²) >= 11 is 0. The molecule has 27 heavy (non-hydrogen) atoms. The normalized spacial score (nSPS) is 17.3. The second-order valence-corrected chi connectivity index (χ2v) is 6.88. The molecule has 4 rings (SSSR count). The van der Waals surface area contributed by atoms with Crippen molar-refractivity contribution < 1.29 is 13.7 Å². The molecule has 1 aliphatic heterocycles. The molecule has 140 valence electrons. The minimum absolute atomic E-state index is 0.115. The molecule has 1 fully saturated rings. The van der Waals surface area contributed by atoms with Crippen LogP contribution in [0, 0.1) is 25.6 Å². The average Bonchev–Trinajstić information content (AvgIpc) is 3.06. The predicted octanol–water partition coefficient (Wildman–Crippen LogP) is 3.23. The third-order valence-electron chi connectivity index (χ3n) is 4.95. The number of carbonyl (C=O) groups excluding carboxylic acids is 1. The fourth-order valence-corrected chi connectivity index (χ4v) is 3.44. The molecule has 1 aliphatic rings. The number of carbonyl (C=O) groups is 1. The number of aromatic nitrogens is 3. The zero-order chi connectivity index (χ0) is 19.0. The van der Waals surface area contributed by atoms with Crippen LogP contribution in [0.1, 0.15) is 24.1 Å². The molecule has 1 unspecified atom stereocenters. The van der Waals surface area contributed by atoms with Gasteiger partial charge in [0.25, 0.3) is 5.71 Å². The second-order valence-electron chi connectivity index (χ2n) is 6.88. The fourth-order valence-electron chi connectivity index (χ4n) is 3.44. The van der Waals surface area contributed by atoms with Crippen molar-refractivity contribution in [1.29, 1.82) is 0 Å². The Labute approximate surface area is 155 Å². The first-order valence-electron chi connectivity index (χ1n) is 8.92. The van der Waals surface area contributed by atoms with Gasteiger partial charge in [0.15, 0.2) is 0 Å². The second kappa shape index (κ2) is 6.94. The van der Waals surface area contributed by atoms with Gasteiger partial charge in [-0.1, -0.05) is 11.2 Å². The molecule has 1 atom stereocenters. The molecule has 0 saturated carbocycles. The predicted molar refractivity (Wildman–Crippen MR) is 99.0 cm³/mol. The molecule has 1 saturated heterocycles. The van der Waals surface area contributed by atoms with Crippen molar-refractivity contribution in [2.24, 2.45) is 5.92 Å². The molecule has 3 heterocycles. The fraction of sp³-hybridized carbons (Fsp3) is 0.368. The topological polar surface area (TPSA) is 84.2 Å². The largest absolute Gasteiger partial charge is 0.355 e. The van der Waals surface area contributed by atoms with E-state index in [2.05, 4.69) is 25.3 Å². The van der Waals surface area contributed by atoms with Crippen LogP contribution in [-0.2, 0) is 4.79 Å². The highest BCUT2D eigenvalue weighted by Gasteiger charge is 2.28. The summed E-state index contributed by atoms with van der Waals surface area (Å²) in [5, 5.41) is 7.56. The highest BCUT2D eigenvalue weighted by Crippen LogP contribution is 2.29. The van der Waals surface area contributed by atoms with Gasteiger partial charge in [-0.15, -0.1) is 0 Å². The summed E-state index contributed by atoms with van der Waals surface area (Å²) in [5.74, 6) is 0.0746. The van der Waals surface area contributed by atoms with E-state index in [1.807, 2.05) is 6.92 Å². The lowest BCUT2D eigenvalue weighted by Crippen LogP contribution is -2.41. The lowest BCUT2D eigenvalue weighted by Gasteiger charge is -2.33. The van der Waals surface area contributed by atoms with Crippen molar-refractivity contribution in [3.05, 3.63) is 41.6 Å². The number of fused-ring (bicyclic) bond motifs is 1. The zero-order valence-electron chi connectivity index (χ0n) is 15.2. The van der Waals surface area contributed by atoms with Gasteiger partial charge in [-0.3, -0.25) is 4.79 Å². The molecule has 0 radical (unpaired) electrons. The van der Waals surface area contributed by atoms with Crippen LogP contribution in [0.3, 0.4) is 0 Å². The molecular weight excluding hydrogens is 349 g/mol. The Kier molecular flexibility index (Phi) is 4.47. The van der Waals surface area contributed by atoms with Gasteiger partial charge in [0, 0.05) is 18.8 Å². The average molecular weight is 369 g/mol. The quantitative estimate of drug-likeness (QED) is 0.763. The van der Waals surface area contributed by atoms with Crippen LogP contribution in [0.4, 0.5) is 15.9 Å². The summed E-state index contributed by atoms with van der Waals surface area (Å²) in [7, 11) is 0. The van der Waals surface area contributed by atoms with Crippen molar-refractivity contribution in [3.63, 3.8) is 0 Å². The maximum Gasteiger partial charge on any atom is 0.263 e. The maximum atomic E-state index is 13.7. The number of aryl methyl sites for hydroxylation is 2. The summed E-state index contributed by atoms with van der Waals surface area (Å²) in [4.78, 5) is 23.3. The molecule has 0 aliphatic carbocycles. The first-order chi connectivity index (χ1) is 13.0. The van der Waals surface area contributed by atoms with Gasteiger partial charge in [-0.2, -0.15) is 4.98 Å². The van der Waals surface area contributed by atoms with E-state index >= 15 is 0 Å². The van der Waals surface area contributed by atoms with Crippen molar-refractivity contribution in [2.45, 2.75) is 26.7 Å². The van der Waals surface area contributed by atoms with Crippen LogP contribution in [-0.4, -0.2) is 34.1 Å². The minimum atomic E-state index is -0.329. The van der Waals surface area contributed by atoms with Crippen LogP contribution in [0.5, 0.6) is 0 Å². The van der Waals surface area contributed by atoms with E-state index in [0.29, 0.717) is 23.5 Å². The van der Waals surface area contributed by atoms with Gasteiger partial charge in [0.05, 0.1) is 11.6 Å². The standard InChI is InChI=1S/C19H20FN5O2/c1-11-5-6-14(8-15(11)20)23-18(26)13-4-3-7-25(9-13)17-16-12(2)24-27-19(16)22-10-21-17/h5-6,8,10,13H,3-4,7,9H2,1-2H3,(H,23,26). The van der Waals surface area contributed by atoms with Crippen LogP contribution < -0.4 is 10.2 Å². The van der Waals surface area contributed by atoms with Crippen molar-refractivity contribution in [2.75, 3.05) is 23.3 Å². The number of amides is 1. The van der Waals surface area contributed by atoms with Crippen molar-refractivity contribution in [1.82, 2.24) is 15.1 Å². The molecule has 1 N–H and O–H groups in total. The van der Waals surface area contributed by atoms with E-state index in [0.717, 1.165) is 36.3 Å². The summed E-state index contributed by atoms with van der Waals surface area (Å²) in [6.07, 6.45) is 3.07. The summed E-state index contributed by atoms with van der Waals surface area (Å²) in [6.45, 7) is 4.85. The lowest BCUT2D eigenvalue weighted by atomic mass is 9.96.